The number of hydrogen-bond donors (Lipinski definition) is 1. The maximum atomic E-state index is 11.8. The van der Waals surface area contributed by atoms with E-state index in [2.05, 4.69) is 10.3 Å². The lowest BCUT2D eigenvalue weighted by molar-refractivity contribution is -0.129. The second kappa shape index (κ2) is 6.01. The second-order valence-corrected chi connectivity index (χ2v) is 4.28. The third kappa shape index (κ3) is 2.98. The minimum atomic E-state index is 0.183. The molecular weight excluding hydrogens is 228 g/mol. The van der Waals surface area contributed by atoms with Gasteiger partial charge in [-0.15, -0.1) is 0 Å². The molecule has 0 atom stereocenters. The number of nitrogens with zero attached hydrogens (tertiary/aromatic N) is 3. The summed E-state index contributed by atoms with van der Waals surface area (Å²) in [6, 6.07) is 5.59. The van der Waals surface area contributed by atoms with Gasteiger partial charge in [0, 0.05) is 32.3 Å². The van der Waals surface area contributed by atoms with Crippen molar-refractivity contribution in [2.45, 2.75) is 19.3 Å². The second-order valence-electron chi connectivity index (χ2n) is 4.28. The number of amides is 1. The molecule has 1 amide bonds. The predicted molar refractivity (Wildman–Crippen MR) is 67.9 cm³/mol. The largest absolute Gasteiger partial charge is 0.382 e. The summed E-state index contributed by atoms with van der Waals surface area (Å²) < 4.78 is 0. The normalized spacial score (nSPS) is 14.3. The van der Waals surface area contributed by atoms with Crippen LogP contribution in [-0.2, 0) is 4.79 Å². The minimum absolute atomic E-state index is 0.183. The maximum Gasteiger partial charge on any atom is 0.224 e. The quantitative estimate of drug-likeness (QED) is 0.868. The number of anilines is 1. The molecule has 18 heavy (non-hydrogen) atoms. The van der Waals surface area contributed by atoms with Crippen LogP contribution in [0.15, 0.2) is 18.3 Å². The number of pyridine rings is 1. The van der Waals surface area contributed by atoms with Crippen LogP contribution < -0.4 is 5.32 Å². The third-order valence-electron chi connectivity index (χ3n) is 3.03. The molecule has 1 aromatic rings. The Morgan fingerprint density at radius 2 is 2.28 bits per heavy atom. The van der Waals surface area contributed by atoms with Gasteiger partial charge in [0.25, 0.3) is 0 Å². The van der Waals surface area contributed by atoms with Gasteiger partial charge in [0.05, 0.1) is 5.69 Å². The molecule has 0 spiro atoms. The Kier molecular flexibility index (Phi) is 4.13. The number of carbonyl (C=O) groups is 1. The fraction of sp³-hybridized carbons (Fsp3) is 0.462. The number of hydrogen-bond acceptors (Lipinski definition) is 4. The van der Waals surface area contributed by atoms with E-state index in [0.29, 0.717) is 24.3 Å². The molecule has 1 N–H and O–H groups in total. The average Bonchev–Trinajstić information content (AvgIpc) is 2.93. The van der Waals surface area contributed by atoms with Gasteiger partial charge in [-0.2, -0.15) is 5.26 Å². The molecular formula is C13H16N4O. The topological polar surface area (TPSA) is 69.0 Å². The molecule has 0 radical (unpaired) electrons. The molecule has 2 rings (SSSR count). The van der Waals surface area contributed by atoms with E-state index in [4.69, 9.17) is 5.26 Å². The van der Waals surface area contributed by atoms with E-state index < -0.39 is 0 Å². The highest BCUT2D eigenvalue weighted by atomic mass is 16.2. The van der Waals surface area contributed by atoms with Crippen molar-refractivity contribution in [3.8, 4) is 6.07 Å². The van der Waals surface area contributed by atoms with Crippen molar-refractivity contribution >= 4 is 11.6 Å². The van der Waals surface area contributed by atoms with Gasteiger partial charge in [-0.3, -0.25) is 4.79 Å². The van der Waals surface area contributed by atoms with E-state index in [1.54, 1.807) is 18.3 Å². The molecule has 1 aliphatic rings. The molecule has 1 aliphatic heterocycles. The molecule has 1 saturated heterocycles. The molecule has 1 fully saturated rings. The van der Waals surface area contributed by atoms with E-state index in [0.717, 1.165) is 25.9 Å². The SMILES string of the molecule is N#Cc1ncccc1NCCC(=O)N1CCCC1. The molecule has 0 aliphatic carbocycles. The van der Waals surface area contributed by atoms with Crippen molar-refractivity contribution in [3.63, 3.8) is 0 Å². The fourth-order valence-corrected chi connectivity index (χ4v) is 2.07. The molecule has 5 nitrogen and oxygen atoms in total. The van der Waals surface area contributed by atoms with Crippen LogP contribution in [-0.4, -0.2) is 35.4 Å². The summed E-state index contributed by atoms with van der Waals surface area (Å²) in [5, 5.41) is 12.0. The standard InChI is InChI=1S/C13H16N4O/c14-10-12-11(4-3-6-15-12)16-7-5-13(18)17-8-1-2-9-17/h3-4,6,16H,1-2,5,7-9H2. The van der Waals surface area contributed by atoms with Crippen LogP contribution >= 0.6 is 0 Å². The van der Waals surface area contributed by atoms with Gasteiger partial charge in [-0.25, -0.2) is 4.98 Å². The summed E-state index contributed by atoms with van der Waals surface area (Å²) in [6.07, 6.45) is 4.26. The van der Waals surface area contributed by atoms with Crippen molar-refractivity contribution < 1.29 is 4.79 Å². The summed E-state index contributed by atoms with van der Waals surface area (Å²) >= 11 is 0. The first-order valence-electron chi connectivity index (χ1n) is 6.18. The van der Waals surface area contributed by atoms with Crippen molar-refractivity contribution in [1.82, 2.24) is 9.88 Å². The summed E-state index contributed by atoms with van der Waals surface area (Å²) in [6.45, 7) is 2.31. The maximum absolute atomic E-state index is 11.8. The first-order chi connectivity index (χ1) is 8.81. The minimum Gasteiger partial charge on any atom is -0.382 e. The van der Waals surface area contributed by atoms with Crippen molar-refractivity contribution in [2.75, 3.05) is 25.0 Å². The summed E-state index contributed by atoms with van der Waals surface area (Å²) in [5.74, 6) is 0.183. The molecule has 94 valence electrons. The van der Waals surface area contributed by atoms with Crippen LogP contribution in [0.3, 0.4) is 0 Å². The number of nitriles is 1. The molecule has 2 heterocycles. The molecule has 1 aromatic heterocycles. The summed E-state index contributed by atoms with van der Waals surface area (Å²) in [4.78, 5) is 17.6. The predicted octanol–water partition coefficient (Wildman–Crippen LogP) is 1.38. The molecule has 0 aromatic carbocycles. The van der Waals surface area contributed by atoms with E-state index in [-0.39, 0.29) is 5.91 Å². The van der Waals surface area contributed by atoms with Crippen molar-refractivity contribution in [3.05, 3.63) is 24.0 Å². The van der Waals surface area contributed by atoms with Crippen LogP contribution in [0.25, 0.3) is 0 Å². The molecule has 0 saturated carbocycles. The number of rotatable bonds is 4. The first kappa shape index (κ1) is 12.4. The van der Waals surface area contributed by atoms with Crippen molar-refractivity contribution in [1.29, 1.82) is 5.26 Å². The zero-order chi connectivity index (χ0) is 12.8. The molecule has 0 bridgehead atoms. The van der Waals surface area contributed by atoms with Crippen LogP contribution in [0.1, 0.15) is 25.0 Å². The van der Waals surface area contributed by atoms with E-state index in [1.165, 1.54) is 0 Å². The first-order valence-corrected chi connectivity index (χ1v) is 6.18. The van der Waals surface area contributed by atoms with Gasteiger partial charge in [-0.1, -0.05) is 0 Å². The van der Waals surface area contributed by atoms with Crippen LogP contribution in [0.4, 0.5) is 5.69 Å². The Labute approximate surface area is 106 Å². The lowest BCUT2D eigenvalue weighted by Crippen LogP contribution is -2.29. The highest BCUT2D eigenvalue weighted by molar-refractivity contribution is 5.77. The Bertz CT molecular complexity index is 460. The zero-order valence-corrected chi connectivity index (χ0v) is 10.2. The zero-order valence-electron chi connectivity index (χ0n) is 10.2. The van der Waals surface area contributed by atoms with Gasteiger partial charge >= 0.3 is 0 Å². The van der Waals surface area contributed by atoms with Gasteiger partial charge in [0.2, 0.25) is 5.91 Å². The smallest absolute Gasteiger partial charge is 0.224 e. The van der Waals surface area contributed by atoms with Crippen molar-refractivity contribution in [2.24, 2.45) is 0 Å². The Balaban J connectivity index is 1.81. The highest BCUT2D eigenvalue weighted by Crippen LogP contribution is 2.12. The van der Waals surface area contributed by atoms with Gasteiger partial charge in [0.1, 0.15) is 6.07 Å². The van der Waals surface area contributed by atoms with Gasteiger partial charge in [0.15, 0.2) is 5.69 Å². The monoisotopic (exact) mass is 244 g/mol. The highest BCUT2D eigenvalue weighted by Gasteiger charge is 2.17. The number of likely N-dealkylation sites (tertiary alicyclic amines) is 1. The fourth-order valence-electron chi connectivity index (χ4n) is 2.07. The number of nitrogens with one attached hydrogen (secondary N) is 1. The third-order valence-corrected chi connectivity index (χ3v) is 3.03. The van der Waals surface area contributed by atoms with Gasteiger partial charge in [-0.05, 0) is 25.0 Å². The van der Waals surface area contributed by atoms with Crippen LogP contribution in [0.5, 0.6) is 0 Å². The molecule has 0 unspecified atom stereocenters. The molecule has 5 heteroatoms. The number of carbonyl (C=O) groups excluding carboxylic acids is 1. The number of aromatic nitrogens is 1. The van der Waals surface area contributed by atoms with E-state index in [9.17, 15) is 4.79 Å². The lowest BCUT2D eigenvalue weighted by atomic mass is 10.3. The Morgan fingerprint density at radius 1 is 1.50 bits per heavy atom. The summed E-state index contributed by atoms with van der Waals surface area (Å²) in [7, 11) is 0. The van der Waals surface area contributed by atoms with E-state index in [1.807, 2.05) is 11.0 Å². The summed E-state index contributed by atoms with van der Waals surface area (Å²) in [5.41, 5.74) is 1.06. The van der Waals surface area contributed by atoms with Crippen LogP contribution in [0.2, 0.25) is 0 Å². The van der Waals surface area contributed by atoms with Crippen LogP contribution in [0, 0.1) is 11.3 Å². The average molecular weight is 244 g/mol. The Morgan fingerprint density at radius 3 is 3.00 bits per heavy atom. The Hall–Kier alpha value is -2.09. The van der Waals surface area contributed by atoms with Gasteiger partial charge < -0.3 is 10.2 Å². The van der Waals surface area contributed by atoms with E-state index >= 15 is 0 Å². The lowest BCUT2D eigenvalue weighted by Gasteiger charge is -2.15.